The maximum Gasteiger partial charge on any atom is 0.253 e. The van der Waals surface area contributed by atoms with Crippen molar-refractivity contribution in [3.63, 3.8) is 0 Å². The highest BCUT2D eigenvalue weighted by Gasteiger charge is 2.22. The topological polar surface area (TPSA) is 72.6 Å². The van der Waals surface area contributed by atoms with Crippen molar-refractivity contribution in [1.82, 2.24) is 0 Å². The van der Waals surface area contributed by atoms with E-state index >= 15 is 0 Å². The van der Waals surface area contributed by atoms with Crippen LogP contribution in [0.2, 0.25) is 5.02 Å². The van der Waals surface area contributed by atoms with Gasteiger partial charge < -0.3 is 15.4 Å². The number of primary amides is 1. The lowest BCUT2D eigenvalue weighted by atomic mass is 10.1. The number of rotatable bonds is 2. The van der Waals surface area contributed by atoms with Gasteiger partial charge >= 0.3 is 0 Å². The molecule has 0 aromatic heterocycles. The van der Waals surface area contributed by atoms with Gasteiger partial charge in [0.15, 0.2) is 0 Å². The van der Waals surface area contributed by atoms with Crippen LogP contribution < -0.4 is 10.6 Å². The molecule has 1 heterocycles. The summed E-state index contributed by atoms with van der Waals surface area (Å²) in [6.07, 6.45) is 0. The minimum Gasteiger partial charge on any atom is -0.370 e. The lowest BCUT2D eigenvalue weighted by Crippen LogP contribution is -2.41. The summed E-state index contributed by atoms with van der Waals surface area (Å²) in [6.45, 7) is 0.890. The van der Waals surface area contributed by atoms with Gasteiger partial charge in [0.2, 0.25) is 5.91 Å². The first kappa shape index (κ1) is 11.9. The fourth-order valence-corrected chi connectivity index (χ4v) is 1.87. The molecular formula is C11H11ClN2O3. The second-order valence-electron chi connectivity index (χ2n) is 3.63. The third kappa shape index (κ3) is 2.40. The molecule has 1 aliphatic rings. The van der Waals surface area contributed by atoms with Gasteiger partial charge in [0.05, 0.1) is 17.3 Å². The molecule has 0 atom stereocenters. The maximum atomic E-state index is 11.7. The van der Waals surface area contributed by atoms with E-state index in [1.807, 2.05) is 0 Å². The van der Waals surface area contributed by atoms with Crippen molar-refractivity contribution in [2.24, 2.45) is 5.73 Å². The standard InChI is InChI=1S/C11H11ClN2O3/c12-8-2-1-7(11(13)16)5-9(8)14-3-4-17-6-10(14)15/h1-2,5H,3-4,6H2,(H2,13,16). The number of ether oxygens (including phenoxy) is 1. The first-order valence-corrected chi connectivity index (χ1v) is 5.45. The number of carbonyl (C=O) groups excluding carboxylic acids is 2. The molecule has 1 aromatic carbocycles. The molecule has 1 saturated heterocycles. The molecule has 0 saturated carbocycles. The van der Waals surface area contributed by atoms with Gasteiger partial charge in [0.1, 0.15) is 6.61 Å². The monoisotopic (exact) mass is 254 g/mol. The van der Waals surface area contributed by atoms with Crippen LogP contribution in [0.4, 0.5) is 5.69 Å². The van der Waals surface area contributed by atoms with Crippen LogP contribution in [0, 0.1) is 0 Å². The van der Waals surface area contributed by atoms with E-state index in [-0.39, 0.29) is 12.5 Å². The Morgan fingerprint density at radius 3 is 2.88 bits per heavy atom. The first-order chi connectivity index (χ1) is 8.09. The molecule has 2 N–H and O–H groups in total. The molecule has 0 aliphatic carbocycles. The van der Waals surface area contributed by atoms with Gasteiger partial charge in [-0.3, -0.25) is 9.59 Å². The average Bonchev–Trinajstić information content (AvgIpc) is 2.30. The summed E-state index contributed by atoms with van der Waals surface area (Å²) in [6, 6.07) is 4.60. The van der Waals surface area contributed by atoms with Gasteiger partial charge in [-0.15, -0.1) is 0 Å². The number of benzene rings is 1. The molecule has 1 fully saturated rings. The van der Waals surface area contributed by atoms with E-state index in [1.54, 1.807) is 6.07 Å². The van der Waals surface area contributed by atoms with E-state index in [2.05, 4.69) is 0 Å². The van der Waals surface area contributed by atoms with E-state index in [9.17, 15) is 9.59 Å². The molecule has 5 nitrogen and oxygen atoms in total. The number of amides is 2. The van der Waals surface area contributed by atoms with E-state index in [1.165, 1.54) is 17.0 Å². The van der Waals surface area contributed by atoms with Crippen LogP contribution in [-0.2, 0) is 9.53 Å². The number of morpholine rings is 1. The lowest BCUT2D eigenvalue weighted by Gasteiger charge is -2.27. The highest BCUT2D eigenvalue weighted by Crippen LogP contribution is 2.27. The van der Waals surface area contributed by atoms with Gasteiger partial charge in [0.25, 0.3) is 5.91 Å². The third-order valence-corrected chi connectivity index (χ3v) is 2.83. The quantitative estimate of drug-likeness (QED) is 0.849. The summed E-state index contributed by atoms with van der Waals surface area (Å²) in [5.41, 5.74) is 6.01. The Hall–Kier alpha value is -1.59. The predicted molar refractivity (Wildman–Crippen MR) is 63.1 cm³/mol. The molecule has 90 valence electrons. The Kier molecular flexibility index (Phi) is 3.31. The molecule has 0 unspecified atom stereocenters. The average molecular weight is 255 g/mol. The number of nitrogens with two attached hydrogens (primary N) is 1. The number of hydrogen-bond donors (Lipinski definition) is 1. The highest BCUT2D eigenvalue weighted by molar-refractivity contribution is 6.34. The van der Waals surface area contributed by atoms with Crippen molar-refractivity contribution >= 4 is 29.1 Å². The van der Waals surface area contributed by atoms with Gasteiger partial charge in [-0.25, -0.2) is 0 Å². The summed E-state index contributed by atoms with van der Waals surface area (Å²) in [7, 11) is 0. The lowest BCUT2D eigenvalue weighted by molar-refractivity contribution is -0.125. The Morgan fingerprint density at radius 2 is 2.24 bits per heavy atom. The predicted octanol–water partition coefficient (Wildman–Crippen LogP) is 0.802. The van der Waals surface area contributed by atoms with Crippen molar-refractivity contribution in [2.75, 3.05) is 24.7 Å². The highest BCUT2D eigenvalue weighted by atomic mass is 35.5. The van der Waals surface area contributed by atoms with Crippen molar-refractivity contribution in [3.05, 3.63) is 28.8 Å². The number of nitrogens with zero attached hydrogens (tertiary/aromatic N) is 1. The number of hydrogen-bond acceptors (Lipinski definition) is 3. The third-order valence-electron chi connectivity index (χ3n) is 2.51. The minimum atomic E-state index is -0.552. The molecule has 17 heavy (non-hydrogen) atoms. The SMILES string of the molecule is NC(=O)c1ccc(Cl)c(N2CCOCC2=O)c1. The van der Waals surface area contributed by atoms with Crippen LogP contribution >= 0.6 is 11.6 Å². The normalized spacial score (nSPS) is 16.1. The van der Waals surface area contributed by atoms with Crippen LogP contribution in [0.15, 0.2) is 18.2 Å². The zero-order chi connectivity index (χ0) is 12.4. The number of anilines is 1. The molecule has 2 rings (SSSR count). The largest absolute Gasteiger partial charge is 0.370 e. The summed E-state index contributed by atoms with van der Waals surface area (Å²) in [5.74, 6) is -0.733. The van der Waals surface area contributed by atoms with Crippen molar-refractivity contribution in [1.29, 1.82) is 0 Å². The van der Waals surface area contributed by atoms with E-state index in [0.717, 1.165) is 0 Å². The second kappa shape index (κ2) is 4.73. The fourth-order valence-electron chi connectivity index (χ4n) is 1.65. The Bertz CT molecular complexity index is 476. The molecule has 1 aliphatic heterocycles. The molecule has 2 amide bonds. The molecule has 0 spiro atoms. The fraction of sp³-hybridized carbons (Fsp3) is 0.273. The summed E-state index contributed by atoms with van der Waals surface area (Å²) in [5, 5.41) is 0.408. The molecule has 1 aromatic rings. The molecule has 0 radical (unpaired) electrons. The maximum absolute atomic E-state index is 11.7. The van der Waals surface area contributed by atoms with E-state index < -0.39 is 5.91 Å². The minimum absolute atomic E-state index is 0.0249. The van der Waals surface area contributed by atoms with E-state index in [4.69, 9.17) is 22.1 Å². The van der Waals surface area contributed by atoms with Crippen LogP contribution in [0.3, 0.4) is 0 Å². The van der Waals surface area contributed by atoms with Gasteiger partial charge in [-0.05, 0) is 18.2 Å². The summed E-state index contributed by atoms with van der Waals surface area (Å²) in [4.78, 5) is 24.2. The molecular weight excluding hydrogens is 244 g/mol. The zero-order valence-electron chi connectivity index (χ0n) is 8.98. The Labute approximate surface area is 103 Å². The molecule has 6 heteroatoms. The van der Waals surface area contributed by atoms with Crippen LogP contribution in [0.5, 0.6) is 0 Å². The van der Waals surface area contributed by atoms with Gasteiger partial charge in [-0.2, -0.15) is 0 Å². The van der Waals surface area contributed by atoms with Crippen molar-refractivity contribution in [3.8, 4) is 0 Å². The number of halogens is 1. The first-order valence-electron chi connectivity index (χ1n) is 5.07. The smallest absolute Gasteiger partial charge is 0.253 e. The van der Waals surface area contributed by atoms with Crippen LogP contribution in [-0.4, -0.2) is 31.6 Å². The van der Waals surface area contributed by atoms with Gasteiger partial charge in [-0.1, -0.05) is 11.6 Å². The zero-order valence-corrected chi connectivity index (χ0v) is 9.74. The Morgan fingerprint density at radius 1 is 1.47 bits per heavy atom. The van der Waals surface area contributed by atoms with Crippen molar-refractivity contribution < 1.29 is 14.3 Å². The van der Waals surface area contributed by atoms with Crippen LogP contribution in [0.25, 0.3) is 0 Å². The van der Waals surface area contributed by atoms with Crippen molar-refractivity contribution in [2.45, 2.75) is 0 Å². The summed E-state index contributed by atoms with van der Waals surface area (Å²) >= 11 is 6.01. The summed E-state index contributed by atoms with van der Waals surface area (Å²) < 4.78 is 5.03. The van der Waals surface area contributed by atoms with E-state index in [0.29, 0.717) is 29.4 Å². The van der Waals surface area contributed by atoms with Gasteiger partial charge in [0, 0.05) is 12.1 Å². The number of carbonyl (C=O) groups is 2. The van der Waals surface area contributed by atoms with Crippen LogP contribution in [0.1, 0.15) is 10.4 Å². The molecule has 0 bridgehead atoms. The Balaban J connectivity index is 2.39. The second-order valence-corrected chi connectivity index (χ2v) is 4.04.